The van der Waals surface area contributed by atoms with Crippen molar-refractivity contribution in [2.24, 2.45) is 5.73 Å². The number of primary amides is 1. The average molecular weight is 191 g/mol. The molecule has 0 aromatic heterocycles. The van der Waals surface area contributed by atoms with Crippen LogP contribution >= 0.6 is 0 Å². The zero-order chi connectivity index (χ0) is 10.1. The maximum atomic E-state index is 11.0. The minimum atomic E-state index is -0.609. The van der Waals surface area contributed by atoms with E-state index in [-0.39, 0.29) is 5.91 Å². The van der Waals surface area contributed by atoms with E-state index < -0.39 is 6.03 Å². The van der Waals surface area contributed by atoms with Crippen LogP contribution in [-0.2, 0) is 11.2 Å². The van der Waals surface area contributed by atoms with E-state index in [0.29, 0.717) is 12.1 Å². The molecule has 5 nitrogen and oxygen atoms in total. The van der Waals surface area contributed by atoms with Crippen molar-refractivity contribution in [1.82, 2.24) is 0 Å². The lowest BCUT2D eigenvalue weighted by Crippen LogP contribution is -2.19. The number of hydrogen-bond donors (Lipinski definition) is 3. The van der Waals surface area contributed by atoms with Crippen molar-refractivity contribution in [3.8, 4) is 0 Å². The molecule has 1 aliphatic heterocycles. The number of fused-ring (bicyclic) bond motifs is 1. The van der Waals surface area contributed by atoms with Crippen LogP contribution < -0.4 is 16.4 Å². The predicted molar refractivity (Wildman–Crippen MR) is 52.0 cm³/mol. The number of hydrogen-bond acceptors (Lipinski definition) is 2. The highest BCUT2D eigenvalue weighted by Crippen LogP contribution is 2.25. The number of nitrogens with one attached hydrogen (secondary N) is 2. The van der Waals surface area contributed by atoms with Crippen LogP contribution in [-0.4, -0.2) is 11.9 Å². The molecule has 4 N–H and O–H groups in total. The fourth-order valence-electron chi connectivity index (χ4n) is 1.45. The van der Waals surface area contributed by atoms with Crippen molar-refractivity contribution in [2.45, 2.75) is 6.42 Å². The quantitative estimate of drug-likeness (QED) is 0.609. The largest absolute Gasteiger partial charge is 0.351 e. The smallest absolute Gasteiger partial charge is 0.316 e. The number of urea groups is 1. The van der Waals surface area contributed by atoms with E-state index in [4.69, 9.17) is 5.73 Å². The summed E-state index contributed by atoms with van der Waals surface area (Å²) in [6.07, 6.45) is 0.351. The van der Waals surface area contributed by atoms with Gasteiger partial charge in [0, 0.05) is 11.4 Å². The van der Waals surface area contributed by atoms with Crippen LogP contribution in [0.1, 0.15) is 5.56 Å². The van der Waals surface area contributed by atoms with Crippen LogP contribution in [0.2, 0.25) is 0 Å². The van der Waals surface area contributed by atoms with Gasteiger partial charge in [-0.05, 0) is 23.8 Å². The average Bonchev–Trinajstić information content (AvgIpc) is 2.42. The normalized spacial score (nSPS) is 13.3. The standard InChI is InChI=1S/C9H9N3O2/c10-9(14)11-6-1-2-7-5(3-6)4-8(13)12-7/h1-3H,4H2,(H,12,13)(H3,10,11,14). The summed E-state index contributed by atoms with van der Waals surface area (Å²) < 4.78 is 0. The molecule has 72 valence electrons. The molecule has 0 unspecified atom stereocenters. The van der Waals surface area contributed by atoms with Crippen LogP contribution in [0, 0.1) is 0 Å². The third kappa shape index (κ3) is 1.52. The second kappa shape index (κ2) is 3.02. The van der Waals surface area contributed by atoms with Crippen LogP contribution in [0.3, 0.4) is 0 Å². The Morgan fingerprint density at radius 1 is 1.50 bits per heavy atom. The molecule has 0 radical (unpaired) electrons. The van der Waals surface area contributed by atoms with E-state index in [1.54, 1.807) is 18.2 Å². The maximum absolute atomic E-state index is 11.0. The third-order valence-corrected chi connectivity index (χ3v) is 2.00. The van der Waals surface area contributed by atoms with Crippen LogP contribution in [0.25, 0.3) is 0 Å². The first-order chi connectivity index (χ1) is 6.65. The monoisotopic (exact) mass is 191 g/mol. The molecular formula is C9H9N3O2. The van der Waals surface area contributed by atoms with E-state index in [0.717, 1.165) is 11.3 Å². The van der Waals surface area contributed by atoms with Crippen LogP contribution in [0.4, 0.5) is 16.2 Å². The van der Waals surface area contributed by atoms with Crippen molar-refractivity contribution in [1.29, 1.82) is 0 Å². The second-order valence-electron chi connectivity index (χ2n) is 3.09. The molecule has 0 spiro atoms. The van der Waals surface area contributed by atoms with Crippen molar-refractivity contribution < 1.29 is 9.59 Å². The Bertz CT molecular complexity index is 415. The lowest BCUT2D eigenvalue weighted by atomic mass is 10.1. The number of benzene rings is 1. The maximum Gasteiger partial charge on any atom is 0.316 e. The number of carbonyl (C=O) groups is 2. The summed E-state index contributed by atoms with van der Waals surface area (Å²) in [5, 5.41) is 5.14. The van der Waals surface area contributed by atoms with E-state index >= 15 is 0 Å². The van der Waals surface area contributed by atoms with Gasteiger partial charge in [-0.25, -0.2) is 4.79 Å². The minimum absolute atomic E-state index is 0.0313. The first-order valence-electron chi connectivity index (χ1n) is 4.14. The van der Waals surface area contributed by atoms with Gasteiger partial charge in [-0.1, -0.05) is 0 Å². The molecule has 0 saturated heterocycles. The van der Waals surface area contributed by atoms with Gasteiger partial charge in [-0.2, -0.15) is 0 Å². The molecule has 3 amide bonds. The SMILES string of the molecule is NC(=O)Nc1ccc2c(c1)CC(=O)N2. The molecule has 0 saturated carbocycles. The van der Waals surface area contributed by atoms with Gasteiger partial charge < -0.3 is 16.4 Å². The molecule has 1 aliphatic rings. The third-order valence-electron chi connectivity index (χ3n) is 2.00. The Kier molecular flexibility index (Phi) is 1.85. The fourth-order valence-corrected chi connectivity index (χ4v) is 1.45. The summed E-state index contributed by atoms with van der Waals surface area (Å²) in [5.41, 5.74) is 7.24. The molecule has 0 fully saturated rings. The number of rotatable bonds is 1. The Balaban J connectivity index is 2.28. The van der Waals surface area contributed by atoms with E-state index in [2.05, 4.69) is 10.6 Å². The number of amides is 3. The zero-order valence-electron chi connectivity index (χ0n) is 7.33. The lowest BCUT2D eigenvalue weighted by Gasteiger charge is -2.03. The van der Waals surface area contributed by atoms with Gasteiger partial charge in [0.05, 0.1) is 6.42 Å². The highest BCUT2D eigenvalue weighted by atomic mass is 16.2. The van der Waals surface area contributed by atoms with E-state index in [1.807, 2.05) is 0 Å². The summed E-state index contributed by atoms with van der Waals surface area (Å²) in [4.78, 5) is 21.6. The molecule has 0 aliphatic carbocycles. The summed E-state index contributed by atoms with van der Waals surface area (Å²) in [6, 6.07) is 4.56. The molecule has 5 heteroatoms. The topological polar surface area (TPSA) is 84.2 Å². The van der Waals surface area contributed by atoms with Crippen molar-refractivity contribution in [3.05, 3.63) is 23.8 Å². The van der Waals surface area contributed by atoms with Crippen molar-refractivity contribution in [3.63, 3.8) is 0 Å². The van der Waals surface area contributed by atoms with Crippen LogP contribution in [0.15, 0.2) is 18.2 Å². The summed E-state index contributed by atoms with van der Waals surface area (Å²) in [5.74, 6) is -0.0313. The Hall–Kier alpha value is -2.04. The van der Waals surface area contributed by atoms with Crippen molar-refractivity contribution >= 4 is 23.3 Å². The Labute approximate surface area is 80.3 Å². The minimum Gasteiger partial charge on any atom is -0.351 e. The van der Waals surface area contributed by atoms with E-state index in [1.165, 1.54) is 0 Å². The highest BCUT2D eigenvalue weighted by Gasteiger charge is 2.17. The first kappa shape index (κ1) is 8.55. The molecule has 0 bridgehead atoms. The Morgan fingerprint density at radius 3 is 3.00 bits per heavy atom. The molecule has 14 heavy (non-hydrogen) atoms. The molecule has 1 aromatic rings. The number of anilines is 2. The fraction of sp³-hybridized carbons (Fsp3) is 0.111. The summed E-state index contributed by atoms with van der Waals surface area (Å²) in [7, 11) is 0. The lowest BCUT2D eigenvalue weighted by molar-refractivity contribution is -0.115. The molecule has 2 rings (SSSR count). The highest BCUT2D eigenvalue weighted by molar-refractivity contribution is 6.00. The van der Waals surface area contributed by atoms with Gasteiger partial charge in [-0.3, -0.25) is 4.79 Å². The molecule has 1 heterocycles. The number of carbonyl (C=O) groups excluding carboxylic acids is 2. The van der Waals surface area contributed by atoms with Gasteiger partial charge in [0.15, 0.2) is 0 Å². The van der Waals surface area contributed by atoms with Crippen LogP contribution in [0.5, 0.6) is 0 Å². The van der Waals surface area contributed by atoms with E-state index in [9.17, 15) is 9.59 Å². The molecule has 1 aromatic carbocycles. The van der Waals surface area contributed by atoms with Gasteiger partial charge >= 0.3 is 6.03 Å². The predicted octanol–water partition coefficient (Wildman–Crippen LogP) is 0.672. The van der Waals surface area contributed by atoms with Gasteiger partial charge in [0.2, 0.25) is 5.91 Å². The van der Waals surface area contributed by atoms with Crippen molar-refractivity contribution in [2.75, 3.05) is 10.6 Å². The second-order valence-corrected chi connectivity index (χ2v) is 3.09. The molecular weight excluding hydrogens is 182 g/mol. The summed E-state index contributed by atoms with van der Waals surface area (Å²) in [6.45, 7) is 0. The van der Waals surface area contributed by atoms with Gasteiger partial charge in [0.1, 0.15) is 0 Å². The number of nitrogens with two attached hydrogens (primary N) is 1. The van der Waals surface area contributed by atoms with Gasteiger partial charge in [-0.15, -0.1) is 0 Å². The molecule has 0 atom stereocenters. The summed E-state index contributed by atoms with van der Waals surface area (Å²) >= 11 is 0. The first-order valence-corrected chi connectivity index (χ1v) is 4.14. The van der Waals surface area contributed by atoms with Gasteiger partial charge in [0.25, 0.3) is 0 Å². The Morgan fingerprint density at radius 2 is 2.29 bits per heavy atom. The zero-order valence-corrected chi connectivity index (χ0v) is 7.33.